The third kappa shape index (κ3) is 6.11. The Hall–Kier alpha value is -3.00. The van der Waals surface area contributed by atoms with E-state index < -0.39 is 5.97 Å². The lowest BCUT2D eigenvalue weighted by atomic mass is 9.87. The highest BCUT2D eigenvalue weighted by atomic mass is 32.2. The molecule has 2 aromatic carbocycles. The second-order valence-electron chi connectivity index (χ2n) is 8.92. The number of carbonyl (C=O) groups excluding carboxylic acids is 2. The zero-order valence-corrected chi connectivity index (χ0v) is 20.0. The van der Waals surface area contributed by atoms with Gasteiger partial charge in [0.15, 0.2) is 0 Å². The molecule has 2 aliphatic rings. The molecule has 2 amide bonds. The summed E-state index contributed by atoms with van der Waals surface area (Å²) < 4.78 is 5.95. The van der Waals surface area contributed by atoms with Crippen molar-refractivity contribution in [1.29, 1.82) is 0 Å². The van der Waals surface area contributed by atoms with Gasteiger partial charge in [-0.05, 0) is 74.9 Å². The van der Waals surface area contributed by atoms with Crippen LogP contribution in [-0.4, -0.2) is 47.3 Å². The van der Waals surface area contributed by atoms with E-state index in [4.69, 9.17) is 9.84 Å². The molecule has 8 heteroatoms. The van der Waals surface area contributed by atoms with Gasteiger partial charge in [0, 0.05) is 23.5 Å². The van der Waals surface area contributed by atoms with E-state index in [-0.39, 0.29) is 29.1 Å². The number of nitrogens with one attached hydrogen (secondary N) is 2. The molecule has 1 saturated carbocycles. The molecule has 34 heavy (non-hydrogen) atoms. The average molecular weight is 483 g/mol. The predicted octanol–water partition coefficient (Wildman–Crippen LogP) is 3.58. The molecule has 1 aliphatic carbocycles. The number of carbonyl (C=O) groups is 3. The summed E-state index contributed by atoms with van der Waals surface area (Å²) in [4.78, 5) is 37.1. The van der Waals surface area contributed by atoms with Gasteiger partial charge >= 0.3 is 5.97 Å². The molecule has 1 unspecified atom stereocenters. The Kier molecular flexibility index (Phi) is 7.77. The molecule has 180 valence electrons. The van der Waals surface area contributed by atoms with Crippen LogP contribution in [0.5, 0.6) is 5.75 Å². The van der Waals surface area contributed by atoms with E-state index in [1.165, 1.54) is 16.0 Å². The van der Waals surface area contributed by atoms with Crippen molar-refractivity contribution in [3.63, 3.8) is 0 Å². The number of benzene rings is 2. The van der Waals surface area contributed by atoms with Crippen LogP contribution in [0.1, 0.15) is 47.2 Å². The van der Waals surface area contributed by atoms with Crippen molar-refractivity contribution in [3.8, 4) is 5.75 Å². The van der Waals surface area contributed by atoms with Crippen LogP contribution in [-0.2, 0) is 16.0 Å². The van der Waals surface area contributed by atoms with Crippen molar-refractivity contribution >= 4 is 29.5 Å². The second-order valence-corrected chi connectivity index (χ2v) is 10.2. The van der Waals surface area contributed by atoms with E-state index >= 15 is 0 Å². The predicted molar refractivity (Wildman–Crippen MR) is 130 cm³/mol. The molecule has 1 atom stereocenters. The molecule has 0 aromatic heterocycles. The van der Waals surface area contributed by atoms with Crippen molar-refractivity contribution in [1.82, 2.24) is 10.6 Å². The third-order valence-electron chi connectivity index (χ3n) is 6.34. The van der Waals surface area contributed by atoms with Gasteiger partial charge in [0.05, 0.1) is 17.3 Å². The van der Waals surface area contributed by atoms with Crippen LogP contribution in [0, 0.1) is 12.8 Å². The topological polar surface area (TPSA) is 105 Å². The first kappa shape index (κ1) is 24.1. The van der Waals surface area contributed by atoms with E-state index in [2.05, 4.69) is 28.8 Å². The fraction of sp³-hybridized carbons (Fsp3) is 0.423. The summed E-state index contributed by atoms with van der Waals surface area (Å²) in [5.41, 5.74) is 2.92. The monoisotopic (exact) mass is 482 g/mol. The highest BCUT2D eigenvalue weighted by Gasteiger charge is 2.28. The normalized spacial score (nSPS) is 21.4. The lowest BCUT2D eigenvalue weighted by Gasteiger charge is -2.26. The summed E-state index contributed by atoms with van der Waals surface area (Å²) >= 11 is 1.60. The van der Waals surface area contributed by atoms with E-state index in [9.17, 15) is 14.4 Å². The fourth-order valence-corrected chi connectivity index (χ4v) is 5.68. The molecule has 4 rings (SSSR count). The fourth-order valence-electron chi connectivity index (χ4n) is 4.36. The quantitative estimate of drug-likeness (QED) is 0.497. The van der Waals surface area contributed by atoms with Gasteiger partial charge in [-0.1, -0.05) is 17.7 Å². The van der Waals surface area contributed by atoms with Crippen molar-refractivity contribution < 1.29 is 24.2 Å². The number of aliphatic carboxylic acids is 1. The highest BCUT2D eigenvalue weighted by Crippen LogP contribution is 2.37. The molecule has 1 fully saturated rings. The number of amides is 2. The van der Waals surface area contributed by atoms with Gasteiger partial charge in [-0.15, -0.1) is 11.8 Å². The number of ether oxygens (including phenoxy) is 1. The molecule has 1 aliphatic heterocycles. The number of rotatable bonds is 8. The number of carboxylic acids is 1. The molecule has 7 nitrogen and oxygen atoms in total. The average Bonchev–Trinajstić information content (AvgIpc) is 3.26. The summed E-state index contributed by atoms with van der Waals surface area (Å²) in [5, 5.41) is 14.7. The smallest absolute Gasteiger partial charge is 0.306 e. The highest BCUT2D eigenvalue weighted by molar-refractivity contribution is 8.01. The van der Waals surface area contributed by atoms with Crippen molar-refractivity contribution in [3.05, 3.63) is 59.2 Å². The number of thioether (sulfide) groups is 1. The molecule has 2 aromatic rings. The Bertz CT molecular complexity index is 1050. The molecule has 3 N–H and O–H groups in total. The summed E-state index contributed by atoms with van der Waals surface area (Å²) in [7, 11) is 0. The Morgan fingerprint density at radius 2 is 1.71 bits per heavy atom. The lowest BCUT2D eigenvalue weighted by molar-refractivity contribution is -0.143. The number of hydrogen-bond acceptors (Lipinski definition) is 5. The first-order valence-electron chi connectivity index (χ1n) is 11.7. The van der Waals surface area contributed by atoms with Crippen LogP contribution in [0.15, 0.2) is 47.4 Å². The van der Waals surface area contributed by atoms with Gasteiger partial charge < -0.3 is 20.5 Å². The SMILES string of the molecule is Cc1ccc2c(c1)SC(C(=O)NCCNC(=O)c1ccc(OC3CCC(C(=O)O)CC3)cc1)C2. The van der Waals surface area contributed by atoms with E-state index in [1.54, 1.807) is 36.0 Å². The molecule has 0 saturated heterocycles. The first-order valence-corrected chi connectivity index (χ1v) is 12.6. The minimum atomic E-state index is -0.730. The number of fused-ring (bicyclic) bond motifs is 1. The van der Waals surface area contributed by atoms with E-state index in [0.717, 1.165) is 19.3 Å². The molecule has 0 spiro atoms. The molecule has 0 bridgehead atoms. The Labute approximate surface area is 203 Å². The molecule has 0 radical (unpaired) electrons. The summed E-state index contributed by atoms with van der Waals surface area (Å²) in [6, 6.07) is 13.2. The summed E-state index contributed by atoms with van der Waals surface area (Å²) in [6.45, 7) is 2.77. The van der Waals surface area contributed by atoms with Crippen LogP contribution >= 0.6 is 11.8 Å². The van der Waals surface area contributed by atoms with Gasteiger partial charge in [0.1, 0.15) is 5.75 Å². The van der Waals surface area contributed by atoms with Crippen LogP contribution in [0.3, 0.4) is 0 Å². The standard InChI is InChI=1S/C26H30N2O5S/c1-16-2-3-19-15-23(34-22(19)14-16)25(30)28-13-12-27-24(29)17-4-8-20(9-5-17)33-21-10-6-18(7-11-21)26(31)32/h2-5,8-9,14,18,21,23H,6-7,10-13,15H2,1H3,(H,27,29)(H,28,30)(H,31,32). The first-order chi connectivity index (χ1) is 16.4. The van der Waals surface area contributed by atoms with Crippen molar-refractivity contribution in [2.75, 3.05) is 13.1 Å². The van der Waals surface area contributed by atoms with Gasteiger partial charge in [-0.2, -0.15) is 0 Å². The van der Waals surface area contributed by atoms with Crippen molar-refractivity contribution in [2.24, 2.45) is 5.92 Å². The molecule has 1 heterocycles. The Morgan fingerprint density at radius 3 is 2.41 bits per heavy atom. The minimum absolute atomic E-state index is 0.00741. The summed E-state index contributed by atoms with van der Waals surface area (Å²) in [6.07, 6.45) is 3.43. The van der Waals surface area contributed by atoms with Gasteiger partial charge in [-0.25, -0.2) is 0 Å². The Balaban J connectivity index is 1.15. The zero-order valence-electron chi connectivity index (χ0n) is 19.2. The zero-order chi connectivity index (χ0) is 24.1. The van der Waals surface area contributed by atoms with Crippen LogP contribution in [0.25, 0.3) is 0 Å². The maximum Gasteiger partial charge on any atom is 0.306 e. The molecular weight excluding hydrogens is 452 g/mol. The number of carboxylic acid groups (broad SMARTS) is 1. The maximum atomic E-state index is 12.5. The van der Waals surface area contributed by atoms with Crippen molar-refractivity contribution in [2.45, 2.75) is 55.3 Å². The van der Waals surface area contributed by atoms with Crippen LogP contribution in [0.4, 0.5) is 0 Å². The van der Waals surface area contributed by atoms with Crippen LogP contribution in [0.2, 0.25) is 0 Å². The van der Waals surface area contributed by atoms with E-state index in [1.807, 2.05) is 6.92 Å². The van der Waals surface area contributed by atoms with Gasteiger partial charge in [0.25, 0.3) is 5.91 Å². The number of hydrogen-bond donors (Lipinski definition) is 3. The van der Waals surface area contributed by atoms with Gasteiger partial charge in [0.2, 0.25) is 5.91 Å². The second kappa shape index (κ2) is 11.0. The maximum absolute atomic E-state index is 12.5. The largest absolute Gasteiger partial charge is 0.490 e. The molecular formula is C26H30N2O5S. The Morgan fingerprint density at radius 1 is 1.00 bits per heavy atom. The van der Waals surface area contributed by atoms with E-state index in [0.29, 0.717) is 37.2 Å². The number of aryl methyl sites for hydroxylation is 1. The third-order valence-corrected chi connectivity index (χ3v) is 7.64. The minimum Gasteiger partial charge on any atom is -0.490 e. The van der Waals surface area contributed by atoms with Gasteiger partial charge in [-0.3, -0.25) is 14.4 Å². The lowest BCUT2D eigenvalue weighted by Crippen LogP contribution is -2.38. The summed E-state index contributed by atoms with van der Waals surface area (Å²) in [5.74, 6) is -0.541. The van der Waals surface area contributed by atoms with Crippen LogP contribution < -0.4 is 15.4 Å².